The zero-order valence-corrected chi connectivity index (χ0v) is 33.7. The highest BCUT2D eigenvalue weighted by Crippen LogP contribution is 2.37. The van der Waals surface area contributed by atoms with Crippen molar-refractivity contribution in [2.24, 2.45) is 11.5 Å². The summed E-state index contributed by atoms with van der Waals surface area (Å²) < 4.78 is 158. The lowest BCUT2D eigenvalue weighted by Crippen LogP contribution is -2.12. The Labute approximate surface area is 369 Å². The predicted molar refractivity (Wildman–Crippen MR) is 219 cm³/mol. The third-order valence-corrected chi connectivity index (χ3v) is 9.07. The minimum absolute atomic E-state index is 0.0394. The monoisotopic (exact) mass is 922 g/mol. The fourth-order valence-electron chi connectivity index (χ4n) is 5.57. The van der Waals surface area contributed by atoms with Gasteiger partial charge in [0.1, 0.15) is 84.4 Å². The molecule has 6 aromatic rings. The van der Waals surface area contributed by atoms with E-state index in [1.165, 1.54) is 60.7 Å². The molecule has 6 N–H and O–H groups in total. The molecule has 10 nitrogen and oxygen atoms in total. The first-order chi connectivity index (χ1) is 31.1. The van der Waals surface area contributed by atoms with E-state index in [9.17, 15) is 43.9 Å². The van der Waals surface area contributed by atoms with Crippen molar-refractivity contribution in [3.05, 3.63) is 194 Å². The highest BCUT2D eigenvalue weighted by Gasteiger charge is 2.33. The first kappa shape index (κ1) is 48.8. The Balaban J connectivity index is 0.000000248. The van der Waals surface area contributed by atoms with E-state index in [4.69, 9.17) is 53.1 Å². The maximum absolute atomic E-state index is 14.2. The number of nitrogens with zero attached hydrogens (tertiary/aromatic N) is 2. The van der Waals surface area contributed by atoms with Gasteiger partial charge in [-0.25, -0.2) is 22.4 Å². The summed E-state index contributed by atoms with van der Waals surface area (Å²) in [4.78, 5) is 3.09. The summed E-state index contributed by atoms with van der Waals surface area (Å²) in [5, 5.41) is 23.4. The number of nitriles is 1. The molecule has 0 aliphatic carbocycles. The fourth-order valence-corrected chi connectivity index (χ4v) is 5.57. The van der Waals surface area contributed by atoms with Crippen LogP contribution in [0.2, 0.25) is 0 Å². The maximum Gasteiger partial charge on any atom is 0.416 e. The molecular weight excluding hydrogens is 891 g/mol. The molecule has 0 amide bonds. The normalized spacial score (nSPS) is 11.0. The average Bonchev–Trinajstić information content (AvgIpc) is 3.26. The van der Waals surface area contributed by atoms with Crippen LogP contribution in [0.25, 0.3) is 4.85 Å². The van der Waals surface area contributed by atoms with Gasteiger partial charge in [-0.3, -0.25) is 10.8 Å². The molecule has 0 heterocycles. The summed E-state index contributed by atoms with van der Waals surface area (Å²) in [6.07, 6.45) is -9.43. The van der Waals surface area contributed by atoms with E-state index in [2.05, 4.69) is 4.85 Å². The van der Waals surface area contributed by atoms with E-state index < -0.39 is 60.0 Å². The van der Waals surface area contributed by atoms with Gasteiger partial charge in [0.05, 0.1) is 29.3 Å². The zero-order valence-electron chi connectivity index (χ0n) is 33.7. The molecule has 6 aromatic carbocycles. The van der Waals surface area contributed by atoms with Crippen molar-refractivity contribution in [2.45, 2.75) is 38.8 Å². The Morgan fingerprint density at radius 2 is 0.848 bits per heavy atom. The highest BCUT2D eigenvalue weighted by molar-refractivity contribution is 5.95. The van der Waals surface area contributed by atoms with E-state index in [0.717, 1.165) is 48.5 Å². The van der Waals surface area contributed by atoms with Gasteiger partial charge < -0.3 is 30.4 Å². The van der Waals surface area contributed by atoms with E-state index in [0.29, 0.717) is 0 Å². The molecule has 0 aliphatic rings. The molecule has 6 rings (SSSR count). The Hall–Kier alpha value is -8.26. The quantitative estimate of drug-likeness (QED) is 0.0365. The van der Waals surface area contributed by atoms with Gasteiger partial charge in [0.25, 0.3) is 0 Å². The number of nitrogens with one attached hydrogen (secondary N) is 2. The molecule has 0 atom stereocenters. The lowest BCUT2D eigenvalue weighted by molar-refractivity contribution is -0.138. The number of ether oxygens (including phenoxy) is 4. The largest absolute Gasteiger partial charge is 0.489 e. The summed E-state index contributed by atoms with van der Waals surface area (Å²) in [5.74, 6) is -4.55. The number of nitrogen functional groups attached to an aromatic ring is 2. The van der Waals surface area contributed by atoms with Crippen LogP contribution in [0.15, 0.2) is 109 Å². The summed E-state index contributed by atoms with van der Waals surface area (Å²) >= 11 is 0. The number of amidine groups is 2. The molecule has 0 bridgehead atoms. The molecule has 0 spiro atoms. The molecule has 0 fully saturated rings. The lowest BCUT2D eigenvalue weighted by Gasteiger charge is -2.15. The van der Waals surface area contributed by atoms with Crippen LogP contribution in [0.4, 0.5) is 49.6 Å². The fraction of sp³-hybridized carbons (Fsp3) is 0.130. The van der Waals surface area contributed by atoms with Crippen LogP contribution in [0, 0.1) is 52.0 Å². The molecule has 0 aliphatic heterocycles. The SMILES string of the molecule is N=C(N)c1ccc(COc2cc(OCc3ccc(C(=N)N)cc3F)cc(C(F)(F)F)c2)c(F)c1.[C-]#[N+]c1ccc(COc2cc(OCc3ccc(C#N)cc3F)cc(C(F)(F)F)c2)c(F)c1. The van der Waals surface area contributed by atoms with Crippen molar-refractivity contribution in [1.82, 2.24) is 0 Å². The van der Waals surface area contributed by atoms with E-state index in [1.54, 1.807) is 6.07 Å². The van der Waals surface area contributed by atoms with Crippen molar-refractivity contribution in [3.63, 3.8) is 0 Å². The molecule has 0 aromatic heterocycles. The van der Waals surface area contributed by atoms with E-state index >= 15 is 0 Å². The Morgan fingerprint density at radius 3 is 1.14 bits per heavy atom. The van der Waals surface area contributed by atoms with Gasteiger partial charge in [-0.15, -0.1) is 0 Å². The van der Waals surface area contributed by atoms with Crippen molar-refractivity contribution in [3.8, 4) is 29.1 Å². The van der Waals surface area contributed by atoms with Crippen LogP contribution in [-0.4, -0.2) is 11.7 Å². The molecular formula is C46H32F10N6O4. The molecule has 0 saturated heterocycles. The number of hydrogen-bond donors (Lipinski definition) is 4. The first-order valence-corrected chi connectivity index (χ1v) is 18.7. The maximum atomic E-state index is 14.2. The van der Waals surface area contributed by atoms with Gasteiger partial charge in [-0.1, -0.05) is 42.5 Å². The van der Waals surface area contributed by atoms with Gasteiger partial charge in [0.2, 0.25) is 0 Å². The average molecular weight is 923 g/mol. The Kier molecular flexibility index (Phi) is 15.5. The van der Waals surface area contributed by atoms with Crippen molar-refractivity contribution in [1.29, 1.82) is 16.1 Å². The second-order valence-electron chi connectivity index (χ2n) is 13.8. The predicted octanol–water partition coefficient (Wildman–Crippen LogP) is 11.3. The third kappa shape index (κ3) is 13.4. The van der Waals surface area contributed by atoms with Crippen LogP contribution in [0.5, 0.6) is 23.0 Å². The second-order valence-corrected chi connectivity index (χ2v) is 13.8. The van der Waals surface area contributed by atoms with Crippen molar-refractivity contribution in [2.75, 3.05) is 0 Å². The lowest BCUT2D eigenvalue weighted by atomic mass is 10.1. The van der Waals surface area contributed by atoms with Gasteiger partial charge in [0, 0.05) is 45.5 Å². The number of rotatable bonds is 14. The van der Waals surface area contributed by atoms with Gasteiger partial charge in [-0.05, 0) is 54.6 Å². The summed E-state index contributed by atoms with van der Waals surface area (Å²) in [6.45, 7) is 5.30. The van der Waals surface area contributed by atoms with Crippen LogP contribution in [0.1, 0.15) is 50.1 Å². The van der Waals surface area contributed by atoms with Crippen molar-refractivity contribution >= 4 is 17.4 Å². The minimum Gasteiger partial charge on any atom is -0.489 e. The number of benzene rings is 6. The molecule has 0 saturated carbocycles. The second kappa shape index (κ2) is 20.9. The topological polar surface area (TPSA) is 165 Å². The first-order valence-electron chi connectivity index (χ1n) is 18.7. The standard InChI is InChI=1S/C23H19F5N4O2.C23H13F5N2O2/c24-19-5-12(21(29)30)1-3-14(19)10-33-17-7-16(23(26,27)28)8-18(9-17)34-11-15-4-2-13(22(31)32)6-20(15)25;1-30-18-5-4-16(22(25)9-18)13-32-20-8-17(23(26,27)28)7-19(10-20)31-12-15-3-2-14(11-29)6-21(15)24/h1-9H,10-11H2,(H3,29,30)(H3,31,32);2-10H,12-13H2. The van der Waals surface area contributed by atoms with Crippen molar-refractivity contribution < 1.29 is 62.9 Å². The van der Waals surface area contributed by atoms with Gasteiger partial charge in [-0.2, -0.15) is 31.6 Å². The summed E-state index contributed by atoms with van der Waals surface area (Å²) in [5.41, 5.74) is 9.12. The number of hydrogen-bond acceptors (Lipinski definition) is 7. The third-order valence-electron chi connectivity index (χ3n) is 9.07. The number of alkyl halides is 6. The summed E-state index contributed by atoms with van der Waals surface area (Å²) in [7, 11) is 0. The smallest absolute Gasteiger partial charge is 0.416 e. The van der Waals surface area contributed by atoms with E-state index in [1.807, 2.05) is 0 Å². The molecule has 66 heavy (non-hydrogen) atoms. The zero-order chi connectivity index (χ0) is 48.3. The van der Waals surface area contributed by atoms with Gasteiger partial charge >= 0.3 is 12.4 Å². The molecule has 0 radical (unpaired) electrons. The Morgan fingerprint density at radius 1 is 0.515 bits per heavy atom. The van der Waals surface area contributed by atoms with Crippen LogP contribution < -0.4 is 30.4 Å². The molecule has 20 heteroatoms. The van der Waals surface area contributed by atoms with E-state index in [-0.39, 0.29) is 92.5 Å². The molecule has 0 unspecified atom stereocenters. The Bertz CT molecular complexity index is 2680. The van der Waals surface area contributed by atoms with Crippen LogP contribution >= 0.6 is 0 Å². The molecule has 340 valence electrons. The summed E-state index contributed by atoms with van der Waals surface area (Å²) in [6, 6.07) is 21.8. The highest BCUT2D eigenvalue weighted by atomic mass is 19.4. The number of nitrogens with two attached hydrogens (primary N) is 2. The van der Waals surface area contributed by atoms with Crippen LogP contribution in [0.3, 0.4) is 0 Å². The van der Waals surface area contributed by atoms with Gasteiger partial charge in [0.15, 0.2) is 5.69 Å². The van der Waals surface area contributed by atoms with Crippen LogP contribution in [-0.2, 0) is 38.8 Å². The number of halogens is 10. The minimum atomic E-state index is -4.72.